The van der Waals surface area contributed by atoms with Crippen molar-refractivity contribution in [2.75, 3.05) is 13.7 Å². The summed E-state index contributed by atoms with van der Waals surface area (Å²) in [6.45, 7) is 6.36. The predicted molar refractivity (Wildman–Crippen MR) is 104 cm³/mol. The molecule has 0 spiro atoms. The van der Waals surface area contributed by atoms with Crippen LogP contribution in [0.4, 0.5) is 0 Å². The van der Waals surface area contributed by atoms with E-state index < -0.39 is 0 Å². The van der Waals surface area contributed by atoms with Crippen molar-refractivity contribution in [3.05, 3.63) is 53.6 Å². The number of hydrogen-bond donors (Lipinski definition) is 1. The van der Waals surface area contributed by atoms with Gasteiger partial charge in [-0.25, -0.2) is 0 Å². The van der Waals surface area contributed by atoms with Crippen LogP contribution in [-0.2, 0) is 11.2 Å². The Kier molecular flexibility index (Phi) is 5.89. The number of methoxy groups -OCH3 is 1. The Morgan fingerprint density at radius 2 is 1.81 bits per heavy atom. The summed E-state index contributed by atoms with van der Waals surface area (Å²) >= 11 is 0. The van der Waals surface area contributed by atoms with Crippen LogP contribution in [0.1, 0.15) is 37.9 Å². The molecule has 5 heteroatoms. The molecular weight excluding hydrogens is 342 g/mol. The summed E-state index contributed by atoms with van der Waals surface area (Å²) in [6.07, 6.45) is 0.785. The van der Waals surface area contributed by atoms with Crippen LogP contribution in [-0.4, -0.2) is 25.7 Å². The first kappa shape index (κ1) is 19.1. The fourth-order valence-corrected chi connectivity index (χ4v) is 3.19. The van der Waals surface area contributed by atoms with Crippen molar-refractivity contribution in [3.63, 3.8) is 0 Å². The van der Waals surface area contributed by atoms with Crippen LogP contribution in [0.15, 0.2) is 42.5 Å². The number of carbonyl (C=O) groups is 1. The van der Waals surface area contributed by atoms with Crippen LogP contribution in [0.2, 0.25) is 0 Å². The van der Waals surface area contributed by atoms with Crippen molar-refractivity contribution in [2.24, 2.45) is 5.92 Å². The van der Waals surface area contributed by atoms with Gasteiger partial charge in [-0.1, -0.05) is 12.1 Å². The van der Waals surface area contributed by atoms with E-state index in [9.17, 15) is 4.79 Å². The monoisotopic (exact) mass is 369 g/mol. The lowest BCUT2D eigenvalue weighted by Gasteiger charge is -2.26. The van der Waals surface area contributed by atoms with E-state index in [4.69, 9.17) is 14.2 Å². The van der Waals surface area contributed by atoms with E-state index in [1.54, 1.807) is 7.11 Å². The molecule has 2 aromatic carbocycles. The summed E-state index contributed by atoms with van der Waals surface area (Å²) in [4.78, 5) is 12.7. The third kappa shape index (κ3) is 4.73. The maximum Gasteiger partial charge on any atom is 0.227 e. The van der Waals surface area contributed by atoms with E-state index in [2.05, 4.69) is 5.32 Å². The van der Waals surface area contributed by atoms with E-state index in [-0.39, 0.29) is 24.0 Å². The zero-order valence-electron chi connectivity index (χ0n) is 16.3. The Morgan fingerprint density at radius 3 is 2.48 bits per heavy atom. The Hall–Kier alpha value is -2.69. The number of benzene rings is 2. The first-order chi connectivity index (χ1) is 13.0. The lowest BCUT2D eigenvalue weighted by Crippen LogP contribution is -2.38. The number of nitrogens with one attached hydrogen (secondary N) is 1. The number of carbonyl (C=O) groups excluding carboxylic acids is 1. The molecule has 1 amide bonds. The average molecular weight is 369 g/mol. The molecule has 144 valence electrons. The minimum Gasteiger partial charge on any atom is -0.497 e. The highest BCUT2D eigenvalue weighted by Crippen LogP contribution is 2.31. The largest absolute Gasteiger partial charge is 0.497 e. The van der Waals surface area contributed by atoms with E-state index in [1.807, 2.05) is 63.2 Å². The van der Waals surface area contributed by atoms with E-state index >= 15 is 0 Å². The number of amides is 1. The first-order valence-corrected chi connectivity index (χ1v) is 9.33. The zero-order valence-corrected chi connectivity index (χ0v) is 16.3. The number of hydrogen-bond acceptors (Lipinski definition) is 4. The summed E-state index contributed by atoms with van der Waals surface area (Å²) in [6, 6.07) is 13.5. The van der Waals surface area contributed by atoms with Gasteiger partial charge in [-0.2, -0.15) is 0 Å². The molecular formula is C22H27NO4. The Morgan fingerprint density at radius 1 is 1.11 bits per heavy atom. The molecule has 0 aliphatic carbocycles. The molecule has 0 bridgehead atoms. The van der Waals surface area contributed by atoms with Crippen LogP contribution >= 0.6 is 0 Å². The van der Waals surface area contributed by atoms with Gasteiger partial charge in [0, 0.05) is 0 Å². The van der Waals surface area contributed by atoms with Crippen LogP contribution in [0.3, 0.4) is 0 Å². The van der Waals surface area contributed by atoms with E-state index in [1.165, 1.54) is 0 Å². The summed E-state index contributed by atoms with van der Waals surface area (Å²) in [5.74, 6) is 2.22. The van der Waals surface area contributed by atoms with Crippen molar-refractivity contribution in [1.29, 1.82) is 0 Å². The van der Waals surface area contributed by atoms with Gasteiger partial charge in [0.05, 0.1) is 25.2 Å². The molecule has 0 saturated heterocycles. The number of fused-ring (bicyclic) bond motifs is 1. The van der Waals surface area contributed by atoms with Gasteiger partial charge in [0.1, 0.15) is 23.9 Å². The fourth-order valence-electron chi connectivity index (χ4n) is 3.19. The molecule has 3 rings (SSSR count). The van der Waals surface area contributed by atoms with Crippen molar-refractivity contribution in [3.8, 4) is 17.2 Å². The highest BCUT2D eigenvalue weighted by molar-refractivity contribution is 5.80. The summed E-state index contributed by atoms with van der Waals surface area (Å²) in [7, 11) is 1.63. The van der Waals surface area contributed by atoms with Crippen LogP contribution in [0.25, 0.3) is 0 Å². The van der Waals surface area contributed by atoms with Gasteiger partial charge in [0.25, 0.3) is 0 Å². The third-order valence-electron chi connectivity index (χ3n) is 4.66. The lowest BCUT2D eigenvalue weighted by molar-refractivity contribution is -0.126. The Bertz CT molecular complexity index is 785. The van der Waals surface area contributed by atoms with Crippen molar-refractivity contribution in [2.45, 2.75) is 39.3 Å². The average Bonchev–Trinajstić information content (AvgIpc) is 2.67. The smallest absolute Gasteiger partial charge is 0.227 e. The Balaban J connectivity index is 1.61. The highest BCUT2D eigenvalue weighted by atomic mass is 16.5. The van der Waals surface area contributed by atoms with Crippen molar-refractivity contribution >= 4 is 5.91 Å². The first-order valence-electron chi connectivity index (χ1n) is 9.33. The van der Waals surface area contributed by atoms with Gasteiger partial charge >= 0.3 is 0 Å². The molecule has 0 radical (unpaired) electrons. The van der Waals surface area contributed by atoms with Gasteiger partial charge in [0.15, 0.2) is 0 Å². The maximum atomic E-state index is 12.7. The molecule has 27 heavy (non-hydrogen) atoms. The van der Waals surface area contributed by atoms with Crippen LogP contribution < -0.4 is 19.5 Å². The second kappa shape index (κ2) is 8.33. The molecule has 1 heterocycles. The molecule has 1 aliphatic rings. The van der Waals surface area contributed by atoms with Crippen molar-refractivity contribution in [1.82, 2.24) is 5.32 Å². The fraction of sp³-hybridized carbons (Fsp3) is 0.409. The molecule has 1 N–H and O–H groups in total. The lowest BCUT2D eigenvalue weighted by atomic mass is 9.95. The molecule has 2 unspecified atom stereocenters. The number of ether oxygens (including phenoxy) is 3. The van der Waals surface area contributed by atoms with E-state index in [0.29, 0.717) is 13.0 Å². The Labute approximate surface area is 160 Å². The number of rotatable bonds is 6. The second-order valence-corrected chi connectivity index (χ2v) is 7.15. The van der Waals surface area contributed by atoms with Crippen molar-refractivity contribution < 1.29 is 19.0 Å². The summed E-state index contributed by atoms with van der Waals surface area (Å²) in [5, 5.41) is 3.09. The van der Waals surface area contributed by atoms with E-state index in [0.717, 1.165) is 28.4 Å². The normalized spacial score (nSPS) is 16.9. The van der Waals surface area contributed by atoms with Gasteiger partial charge in [0.2, 0.25) is 5.91 Å². The minimum atomic E-state index is -0.212. The molecule has 5 nitrogen and oxygen atoms in total. The second-order valence-electron chi connectivity index (χ2n) is 7.15. The molecule has 0 fully saturated rings. The maximum absolute atomic E-state index is 12.7. The zero-order chi connectivity index (χ0) is 19.4. The highest BCUT2D eigenvalue weighted by Gasteiger charge is 2.27. The predicted octanol–water partition coefficient (Wildman–Crippen LogP) is 3.91. The quantitative estimate of drug-likeness (QED) is 0.839. The SMILES string of the molecule is COc1ccc2c(c1)CC(C(=O)NC(C)c1ccc(OC(C)C)cc1)CO2. The molecule has 1 aliphatic heterocycles. The topological polar surface area (TPSA) is 56.8 Å². The third-order valence-corrected chi connectivity index (χ3v) is 4.66. The van der Waals surface area contributed by atoms with Gasteiger partial charge in [-0.05, 0) is 68.7 Å². The van der Waals surface area contributed by atoms with Gasteiger partial charge in [-0.3, -0.25) is 4.79 Å². The standard InChI is InChI=1S/C22H27NO4/c1-14(2)27-19-7-5-16(6-8-19)15(3)23-22(24)18-11-17-12-20(25-4)9-10-21(17)26-13-18/h5-10,12,14-15,18H,11,13H2,1-4H3,(H,23,24). The molecule has 2 aromatic rings. The van der Waals surface area contributed by atoms with Gasteiger partial charge in [-0.15, -0.1) is 0 Å². The van der Waals surface area contributed by atoms with Crippen LogP contribution in [0.5, 0.6) is 17.2 Å². The summed E-state index contributed by atoms with van der Waals surface area (Å²) < 4.78 is 16.7. The summed E-state index contributed by atoms with van der Waals surface area (Å²) in [5.41, 5.74) is 2.04. The van der Waals surface area contributed by atoms with Gasteiger partial charge < -0.3 is 19.5 Å². The molecule has 0 aromatic heterocycles. The van der Waals surface area contributed by atoms with Crippen LogP contribution in [0, 0.1) is 5.92 Å². The molecule has 2 atom stereocenters. The molecule has 0 saturated carbocycles. The minimum absolute atomic E-state index is 0.00141.